The number of carbonyl (C=O) groups excluding carboxylic acids is 1. The lowest BCUT2D eigenvalue weighted by atomic mass is 9.82. The Morgan fingerprint density at radius 3 is 1.92 bits per heavy atom. The van der Waals surface area contributed by atoms with Crippen molar-refractivity contribution in [3.05, 3.63) is 102 Å². The predicted molar refractivity (Wildman–Crippen MR) is 149 cm³/mol. The molecular formula is C31H40N2O4. The maximum Gasteiger partial charge on any atom is 0.306 e. The first-order valence-electron chi connectivity index (χ1n) is 12.7. The first-order valence-corrected chi connectivity index (χ1v) is 12.7. The van der Waals surface area contributed by atoms with E-state index in [4.69, 9.17) is 5.11 Å². The van der Waals surface area contributed by atoms with Crippen molar-refractivity contribution in [2.24, 2.45) is 5.92 Å². The van der Waals surface area contributed by atoms with Crippen LogP contribution >= 0.6 is 0 Å². The first kappa shape index (κ1) is 29.7. The van der Waals surface area contributed by atoms with Crippen LogP contribution in [0.3, 0.4) is 0 Å². The Labute approximate surface area is 220 Å². The Morgan fingerprint density at radius 1 is 0.838 bits per heavy atom. The molecule has 0 aliphatic carbocycles. The lowest BCUT2D eigenvalue weighted by Gasteiger charge is -2.30. The van der Waals surface area contributed by atoms with Crippen LogP contribution in [0.5, 0.6) is 0 Å². The maximum atomic E-state index is 10.9. The van der Waals surface area contributed by atoms with Crippen LogP contribution in [0, 0.1) is 5.92 Å². The van der Waals surface area contributed by atoms with Gasteiger partial charge in [0.1, 0.15) is 0 Å². The molecule has 0 aliphatic heterocycles. The van der Waals surface area contributed by atoms with E-state index in [1.807, 2.05) is 38.1 Å². The Morgan fingerprint density at radius 2 is 1.41 bits per heavy atom. The van der Waals surface area contributed by atoms with Crippen molar-refractivity contribution in [3.8, 4) is 0 Å². The molecular weight excluding hydrogens is 464 g/mol. The van der Waals surface area contributed by atoms with E-state index in [-0.39, 0.29) is 18.2 Å². The van der Waals surface area contributed by atoms with Crippen LogP contribution in [0.25, 0.3) is 0 Å². The third-order valence-electron chi connectivity index (χ3n) is 6.41. The van der Waals surface area contributed by atoms with E-state index < -0.39 is 11.6 Å². The molecule has 6 heteroatoms. The van der Waals surface area contributed by atoms with Crippen LogP contribution < -0.4 is 10.6 Å². The number of aryl methyl sites for hydroxylation is 1. The Bertz CT molecular complexity index is 1090. The zero-order chi connectivity index (χ0) is 27.3. The van der Waals surface area contributed by atoms with Crippen LogP contribution in [0.1, 0.15) is 63.3 Å². The van der Waals surface area contributed by atoms with Gasteiger partial charge in [-0.15, -0.1) is 0 Å². The van der Waals surface area contributed by atoms with Gasteiger partial charge in [-0.3, -0.25) is 9.59 Å². The van der Waals surface area contributed by atoms with E-state index in [1.54, 1.807) is 12.1 Å². The second kappa shape index (κ2) is 14.9. The molecule has 3 rings (SSSR count). The smallest absolute Gasteiger partial charge is 0.306 e. The fourth-order valence-electron chi connectivity index (χ4n) is 3.89. The zero-order valence-corrected chi connectivity index (χ0v) is 22.3. The van der Waals surface area contributed by atoms with E-state index in [0.717, 1.165) is 17.8 Å². The summed E-state index contributed by atoms with van der Waals surface area (Å²) < 4.78 is 0. The average Bonchev–Trinajstić information content (AvgIpc) is 2.87. The number of carboxylic acids is 1. The van der Waals surface area contributed by atoms with Crippen LogP contribution in [0.4, 0.5) is 5.69 Å². The number of hydrogen-bond donors (Lipinski definition) is 4. The third-order valence-corrected chi connectivity index (χ3v) is 6.41. The number of rotatable bonds is 11. The van der Waals surface area contributed by atoms with Gasteiger partial charge in [0.2, 0.25) is 5.91 Å². The van der Waals surface area contributed by atoms with E-state index in [2.05, 4.69) is 66.1 Å². The topological polar surface area (TPSA) is 98.7 Å². The summed E-state index contributed by atoms with van der Waals surface area (Å²) in [6, 6.07) is 28.7. The summed E-state index contributed by atoms with van der Waals surface area (Å²) in [5, 5.41) is 25.6. The molecule has 0 bridgehead atoms. The van der Waals surface area contributed by atoms with Crippen molar-refractivity contribution < 1.29 is 19.8 Å². The van der Waals surface area contributed by atoms with Crippen LogP contribution in [-0.4, -0.2) is 27.7 Å². The van der Waals surface area contributed by atoms with Gasteiger partial charge in [-0.05, 0) is 54.5 Å². The van der Waals surface area contributed by atoms with Gasteiger partial charge >= 0.3 is 5.97 Å². The number of carbonyl (C=O) groups is 2. The molecule has 0 fully saturated rings. The minimum absolute atomic E-state index is 0.126. The first-order chi connectivity index (χ1) is 17.6. The highest BCUT2D eigenvalue weighted by atomic mass is 16.4. The minimum Gasteiger partial charge on any atom is -0.481 e. The molecule has 1 amide bonds. The van der Waals surface area contributed by atoms with E-state index >= 15 is 0 Å². The number of aliphatic hydroxyl groups is 1. The molecule has 0 aliphatic rings. The van der Waals surface area contributed by atoms with Crippen LogP contribution in [0.15, 0.2) is 84.9 Å². The monoisotopic (exact) mass is 504 g/mol. The molecule has 0 saturated carbocycles. The largest absolute Gasteiger partial charge is 0.481 e. The molecule has 4 N–H and O–H groups in total. The number of nitrogens with one attached hydrogen (secondary N) is 2. The lowest BCUT2D eigenvalue weighted by Crippen LogP contribution is -2.38. The standard InChI is InChI=1S/C16H23NO4.C15H17N/c1-11(2)16(21,10-15(19)20)9-8-13-4-6-14(7-5-13)17-12(3)18;1-13(15-10-6-3-7-11-15)16-12-14-8-4-2-5-9-14/h4-7,11,21H,8-10H2,1-3H3,(H,17,18)(H,19,20);2-11,13,16H,12H2,1H3/t16-;13-/m00/s1. The molecule has 0 radical (unpaired) electrons. The SMILES string of the molecule is CC(=O)Nc1ccc(CC[C@](O)(CC(=O)O)C(C)C)cc1.C[C@H](NCc1ccccc1)c1ccccc1. The number of aliphatic carboxylic acids is 1. The molecule has 0 spiro atoms. The Balaban J connectivity index is 0.000000269. The summed E-state index contributed by atoms with van der Waals surface area (Å²) in [6.07, 6.45) is 0.716. The number of amides is 1. The number of anilines is 1. The van der Waals surface area contributed by atoms with Gasteiger partial charge in [0.15, 0.2) is 0 Å². The van der Waals surface area contributed by atoms with Crippen molar-refractivity contribution in [2.75, 3.05) is 5.32 Å². The quantitative estimate of drug-likeness (QED) is 0.258. The van der Waals surface area contributed by atoms with Crippen molar-refractivity contribution in [1.29, 1.82) is 0 Å². The molecule has 0 heterocycles. The van der Waals surface area contributed by atoms with Crippen molar-refractivity contribution in [2.45, 2.75) is 65.1 Å². The average molecular weight is 505 g/mol. The molecule has 3 aromatic carbocycles. The number of hydrogen-bond acceptors (Lipinski definition) is 4. The van der Waals surface area contributed by atoms with Gasteiger partial charge in [0.25, 0.3) is 0 Å². The molecule has 2 atom stereocenters. The minimum atomic E-state index is -1.21. The van der Waals surface area contributed by atoms with Gasteiger partial charge in [0.05, 0.1) is 12.0 Å². The van der Waals surface area contributed by atoms with Crippen LogP contribution in [-0.2, 0) is 22.6 Å². The summed E-state index contributed by atoms with van der Waals surface area (Å²) in [4.78, 5) is 21.8. The van der Waals surface area contributed by atoms with Crippen molar-refractivity contribution in [3.63, 3.8) is 0 Å². The Hall–Kier alpha value is -3.48. The van der Waals surface area contributed by atoms with Gasteiger partial charge in [-0.1, -0.05) is 86.6 Å². The highest BCUT2D eigenvalue weighted by Gasteiger charge is 2.33. The summed E-state index contributed by atoms with van der Waals surface area (Å²) in [6.45, 7) is 8.20. The maximum absolute atomic E-state index is 10.9. The molecule has 198 valence electrons. The van der Waals surface area contributed by atoms with Crippen LogP contribution in [0.2, 0.25) is 0 Å². The van der Waals surface area contributed by atoms with Gasteiger partial charge in [-0.25, -0.2) is 0 Å². The summed E-state index contributed by atoms with van der Waals surface area (Å²) >= 11 is 0. The zero-order valence-electron chi connectivity index (χ0n) is 22.3. The molecule has 0 unspecified atom stereocenters. The number of benzene rings is 3. The predicted octanol–water partition coefficient (Wildman–Crippen LogP) is 5.98. The van der Waals surface area contributed by atoms with Gasteiger partial charge in [0, 0.05) is 25.2 Å². The normalized spacial score (nSPS) is 13.1. The summed E-state index contributed by atoms with van der Waals surface area (Å²) in [5.41, 5.74) is 3.16. The molecule has 0 aromatic heterocycles. The van der Waals surface area contributed by atoms with E-state index in [1.165, 1.54) is 18.1 Å². The van der Waals surface area contributed by atoms with Gasteiger partial charge in [-0.2, -0.15) is 0 Å². The van der Waals surface area contributed by atoms with E-state index in [9.17, 15) is 14.7 Å². The second-order valence-electron chi connectivity index (χ2n) is 9.71. The molecule has 3 aromatic rings. The molecule has 0 saturated heterocycles. The molecule has 6 nitrogen and oxygen atoms in total. The third kappa shape index (κ3) is 11.0. The van der Waals surface area contributed by atoms with Crippen molar-refractivity contribution >= 4 is 17.6 Å². The van der Waals surface area contributed by atoms with Crippen molar-refractivity contribution in [1.82, 2.24) is 5.32 Å². The summed E-state index contributed by atoms with van der Waals surface area (Å²) in [5.74, 6) is -1.25. The summed E-state index contributed by atoms with van der Waals surface area (Å²) in [7, 11) is 0. The number of carboxylic acid groups (broad SMARTS) is 1. The fourth-order valence-corrected chi connectivity index (χ4v) is 3.89. The highest BCUT2D eigenvalue weighted by Crippen LogP contribution is 2.27. The lowest BCUT2D eigenvalue weighted by molar-refractivity contribution is -0.145. The fraction of sp³-hybridized carbons (Fsp3) is 0.355. The van der Waals surface area contributed by atoms with Gasteiger partial charge < -0.3 is 20.8 Å². The molecule has 37 heavy (non-hydrogen) atoms. The second-order valence-corrected chi connectivity index (χ2v) is 9.71. The highest BCUT2D eigenvalue weighted by molar-refractivity contribution is 5.88. The Kier molecular flexibility index (Phi) is 12.0. The van der Waals surface area contributed by atoms with E-state index in [0.29, 0.717) is 18.9 Å².